The summed E-state index contributed by atoms with van der Waals surface area (Å²) in [5, 5.41) is 23.0. The Balaban J connectivity index is 0.965. The Hall–Kier alpha value is -12.8. The van der Waals surface area contributed by atoms with E-state index in [-0.39, 0.29) is 11.4 Å². The molecule has 0 atom stereocenters. The van der Waals surface area contributed by atoms with Crippen molar-refractivity contribution in [1.82, 2.24) is 27.4 Å². The third-order valence-corrected chi connectivity index (χ3v) is 20.0. The van der Waals surface area contributed by atoms with Gasteiger partial charge in [-0.3, -0.25) is 0 Å². The summed E-state index contributed by atoms with van der Waals surface area (Å²) in [4.78, 5) is 0. The number of alkyl halides is 3. The number of hydrogen-bond donors (Lipinski definition) is 0. The Labute approximate surface area is 545 Å². The zero-order valence-electron chi connectivity index (χ0n) is 51.1. The topological polar surface area (TPSA) is 53.4 Å². The van der Waals surface area contributed by atoms with Crippen LogP contribution in [-0.2, 0) is 6.18 Å². The molecular weight excluding hydrogens is 1190 g/mol. The summed E-state index contributed by atoms with van der Waals surface area (Å²) in [6, 6.07) is 105. The largest absolute Gasteiger partial charge is 0.416 e. The van der Waals surface area contributed by atoms with Gasteiger partial charge in [0.1, 0.15) is 0 Å². The van der Waals surface area contributed by atoms with Gasteiger partial charge in [0, 0.05) is 92.9 Å². The average Bonchev–Trinajstić information content (AvgIpc) is 1.52. The van der Waals surface area contributed by atoms with E-state index in [0.29, 0.717) is 38.8 Å². The normalized spacial score (nSPS) is 12.3. The lowest BCUT2D eigenvalue weighted by molar-refractivity contribution is -0.137. The first kappa shape index (κ1) is 53.8. The summed E-state index contributed by atoms with van der Waals surface area (Å²) in [5.41, 5.74) is 15.2. The van der Waals surface area contributed by atoms with Crippen molar-refractivity contribution >= 4 is 131 Å². The van der Waals surface area contributed by atoms with Crippen molar-refractivity contribution < 1.29 is 13.2 Å². The fraction of sp³-hybridized carbons (Fsp3) is 0.0116. The highest BCUT2D eigenvalue weighted by Gasteiger charge is 2.35. The molecule has 6 aromatic heterocycles. The van der Waals surface area contributed by atoms with E-state index < -0.39 is 11.7 Å². The van der Waals surface area contributed by atoms with Crippen molar-refractivity contribution in [2.45, 2.75) is 6.18 Å². The molecule has 450 valence electrons. The molecule has 0 radical (unpaired) electrons. The van der Waals surface area contributed by atoms with Crippen LogP contribution in [0.15, 0.2) is 303 Å². The first-order chi connectivity index (χ1) is 47.2. The van der Waals surface area contributed by atoms with Crippen LogP contribution in [0, 0.1) is 11.3 Å². The maximum atomic E-state index is 17.1. The molecule has 20 aromatic rings. The summed E-state index contributed by atoms with van der Waals surface area (Å²) in [6.07, 6.45) is -4.86. The minimum absolute atomic E-state index is 0.278. The zero-order chi connectivity index (χ0) is 63.7. The molecule has 0 amide bonds. The molecule has 96 heavy (non-hydrogen) atoms. The second kappa shape index (κ2) is 20.1. The Morgan fingerprint density at radius 2 is 0.490 bits per heavy atom. The highest BCUT2D eigenvalue weighted by atomic mass is 19.4. The van der Waals surface area contributed by atoms with Crippen LogP contribution in [-0.4, -0.2) is 27.4 Å². The van der Waals surface area contributed by atoms with Gasteiger partial charge in [-0.25, -0.2) is 0 Å². The molecule has 0 fully saturated rings. The van der Waals surface area contributed by atoms with Gasteiger partial charge >= 0.3 is 6.18 Å². The number of benzene rings is 14. The van der Waals surface area contributed by atoms with Gasteiger partial charge < -0.3 is 27.4 Å². The Bertz CT molecular complexity index is 5870. The molecule has 0 spiro atoms. The number of nitriles is 1. The number of halogens is 3. The van der Waals surface area contributed by atoms with Gasteiger partial charge in [0.15, 0.2) is 0 Å². The van der Waals surface area contributed by atoms with Crippen LogP contribution >= 0.6 is 0 Å². The average molecular weight is 1240 g/mol. The van der Waals surface area contributed by atoms with Crippen LogP contribution in [0.3, 0.4) is 0 Å². The van der Waals surface area contributed by atoms with Crippen LogP contribution in [0.2, 0.25) is 0 Å². The quantitative estimate of drug-likeness (QED) is 0.157. The number of nitrogens with zero attached hydrogens (tertiary/aromatic N) is 7. The number of para-hydroxylation sites is 8. The van der Waals surface area contributed by atoms with E-state index in [1.807, 2.05) is 66.7 Å². The van der Waals surface area contributed by atoms with Crippen LogP contribution < -0.4 is 0 Å². The molecule has 0 aliphatic heterocycles. The highest BCUT2D eigenvalue weighted by molar-refractivity contribution is 6.17. The van der Waals surface area contributed by atoms with E-state index in [0.717, 1.165) is 132 Å². The molecule has 10 heteroatoms. The van der Waals surface area contributed by atoms with E-state index in [2.05, 4.69) is 252 Å². The monoisotopic (exact) mass is 1240 g/mol. The summed E-state index contributed by atoms with van der Waals surface area (Å²) in [5.74, 6) is 0. The second-order valence-corrected chi connectivity index (χ2v) is 25.0. The third kappa shape index (κ3) is 7.65. The number of fused-ring (bicyclic) bond motifs is 18. The minimum atomic E-state index is -4.86. The van der Waals surface area contributed by atoms with E-state index >= 15 is 13.2 Å². The predicted octanol–water partition coefficient (Wildman–Crippen LogP) is 22.8. The summed E-state index contributed by atoms with van der Waals surface area (Å²) in [7, 11) is 0. The molecule has 0 bridgehead atoms. The van der Waals surface area contributed by atoms with Crippen LogP contribution in [0.5, 0.6) is 0 Å². The van der Waals surface area contributed by atoms with Crippen molar-refractivity contribution in [2.24, 2.45) is 0 Å². The molecule has 6 heterocycles. The number of rotatable bonds is 7. The summed E-state index contributed by atoms with van der Waals surface area (Å²) >= 11 is 0. The molecule has 7 nitrogen and oxygen atoms in total. The molecule has 20 rings (SSSR count). The van der Waals surface area contributed by atoms with Crippen molar-refractivity contribution in [1.29, 1.82) is 5.26 Å². The Kier molecular flexibility index (Phi) is 11.3. The first-order valence-corrected chi connectivity index (χ1v) is 32.1. The van der Waals surface area contributed by atoms with Gasteiger partial charge in [0.2, 0.25) is 0 Å². The van der Waals surface area contributed by atoms with Gasteiger partial charge in [0.05, 0.1) is 94.8 Å². The number of aromatic nitrogens is 6. The fourth-order valence-corrected chi connectivity index (χ4v) is 16.0. The maximum absolute atomic E-state index is 17.1. The second-order valence-electron chi connectivity index (χ2n) is 25.0. The first-order valence-electron chi connectivity index (χ1n) is 32.1. The van der Waals surface area contributed by atoms with E-state index in [9.17, 15) is 5.26 Å². The molecule has 0 saturated carbocycles. The fourth-order valence-electron chi connectivity index (χ4n) is 16.0. The lowest BCUT2D eigenvalue weighted by Gasteiger charge is -2.23. The molecule has 14 aromatic carbocycles. The summed E-state index contributed by atoms with van der Waals surface area (Å²) in [6.45, 7) is 0. The smallest absolute Gasteiger partial charge is 0.309 e. The van der Waals surface area contributed by atoms with Crippen molar-refractivity contribution in [3.05, 3.63) is 314 Å². The van der Waals surface area contributed by atoms with Gasteiger partial charge in [-0.05, 0) is 127 Å². The standard InChI is InChI=1S/C86H50F3N7/c87-86(88,89)54-45-83(95-79-47-55(91-71-28-9-1-20-59(71)60-21-2-10-29-72(60)91)36-40-67(79)68-41-37-56(48-80(68)95)92-73-30-11-3-22-61(73)62-23-4-12-31-74(62)92)85(53-19-17-18-52(44-53)51-90)84(46-54)96-81-49-57(93-75-32-13-5-24-63(75)64-25-6-14-33-76(64)93)38-42-69(81)70-43-39-58(50-82(70)96)94-77-34-15-7-26-65(77)66-27-8-16-35-78(66)94/h1-50H. The molecular formula is C86H50F3N7. The van der Waals surface area contributed by atoms with Gasteiger partial charge in [-0.1, -0.05) is 182 Å². The van der Waals surface area contributed by atoms with Crippen molar-refractivity contribution in [3.63, 3.8) is 0 Å². The SMILES string of the molecule is N#Cc1cccc(-c2c(-n3c4cc(-n5c6ccccc6c6ccccc65)ccc4c4ccc(-n5c6ccccc6c6ccccc65)cc43)cc(C(F)(F)F)cc2-n2c3cc(-n4c5ccccc5c5ccccc54)ccc3c3ccc(-n4c5ccccc5c5ccccc54)cc32)c1. The molecule has 0 aliphatic carbocycles. The van der Waals surface area contributed by atoms with Gasteiger partial charge in [0.25, 0.3) is 0 Å². The zero-order valence-corrected chi connectivity index (χ0v) is 51.1. The molecule has 0 N–H and O–H groups in total. The van der Waals surface area contributed by atoms with Gasteiger partial charge in [-0.15, -0.1) is 0 Å². The molecule has 0 aliphatic rings. The maximum Gasteiger partial charge on any atom is 0.416 e. The Morgan fingerprint density at radius 1 is 0.240 bits per heavy atom. The number of hydrogen-bond acceptors (Lipinski definition) is 1. The lowest BCUT2D eigenvalue weighted by atomic mass is 9.96. The van der Waals surface area contributed by atoms with Crippen molar-refractivity contribution in [3.8, 4) is 51.3 Å². The van der Waals surface area contributed by atoms with Crippen LogP contribution in [0.4, 0.5) is 13.2 Å². The lowest BCUT2D eigenvalue weighted by Crippen LogP contribution is -2.11. The predicted molar refractivity (Wildman–Crippen MR) is 388 cm³/mol. The van der Waals surface area contributed by atoms with E-state index in [4.69, 9.17) is 0 Å². The Morgan fingerprint density at radius 3 is 0.740 bits per heavy atom. The van der Waals surface area contributed by atoms with Crippen molar-refractivity contribution in [2.75, 3.05) is 0 Å². The summed E-state index contributed by atoms with van der Waals surface area (Å²) < 4.78 is 64.3. The molecule has 0 unspecified atom stereocenters. The van der Waals surface area contributed by atoms with E-state index in [1.165, 1.54) is 12.1 Å². The highest BCUT2D eigenvalue weighted by Crippen LogP contribution is 2.48. The van der Waals surface area contributed by atoms with E-state index in [1.54, 1.807) is 6.07 Å². The van der Waals surface area contributed by atoms with Gasteiger partial charge in [-0.2, -0.15) is 18.4 Å². The van der Waals surface area contributed by atoms with Crippen LogP contribution in [0.25, 0.3) is 176 Å². The minimum Gasteiger partial charge on any atom is -0.309 e. The molecule has 0 saturated heterocycles. The van der Waals surface area contributed by atoms with Crippen LogP contribution in [0.1, 0.15) is 11.1 Å². The third-order valence-electron chi connectivity index (χ3n) is 20.0.